The van der Waals surface area contributed by atoms with Gasteiger partial charge >= 0.3 is 0 Å². The van der Waals surface area contributed by atoms with Gasteiger partial charge in [0.15, 0.2) is 0 Å². The van der Waals surface area contributed by atoms with Crippen LogP contribution in [0.2, 0.25) is 5.28 Å². The summed E-state index contributed by atoms with van der Waals surface area (Å²) in [6.45, 7) is 0.667. The van der Waals surface area contributed by atoms with Crippen LogP contribution in [0.1, 0.15) is 5.56 Å². The van der Waals surface area contributed by atoms with E-state index < -0.39 is 0 Å². The second-order valence-electron chi connectivity index (χ2n) is 3.53. The number of halogens is 2. The fourth-order valence-electron chi connectivity index (χ4n) is 1.38. The molecule has 0 saturated carbocycles. The second kappa shape index (κ2) is 6.52. The minimum absolute atomic E-state index is 0.229. The fourth-order valence-corrected chi connectivity index (χ4v) is 1.85. The Labute approximate surface area is 119 Å². The van der Waals surface area contributed by atoms with E-state index in [4.69, 9.17) is 11.6 Å². The van der Waals surface area contributed by atoms with Crippen LogP contribution in [0.5, 0.6) is 0 Å². The van der Waals surface area contributed by atoms with Gasteiger partial charge in [-0.15, -0.1) is 0 Å². The maximum absolute atomic E-state index is 5.72. The van der Waals surface area contributed by atoms with Gasteiger partial charge in [0.2, 0.25) is 5.28 Å². The van der Waals surface area contributed by atoms with Crippen molar-refractivity contribution in [3.8, 4) is 0 Å². The summed E-state index contributed by atoms with van der Waals surface area (Å²) in [5.41, 5.74) is 1.17. The average molecular weight is 325 g/mol. The van der Waals surface area contributed by atoms with E-state index >= 15 is 0 Å². The molecule has 1 N–H and O–H groups in total. The Morgan fingerprint density at radius 3 is 2.83 bits per heavy atom. The summed E-state index contributed by atoms with van der Waals surface area (Å²) in [5, 5.41) is 3.38. The second-order valence-corrected chi connectivity index (χ2v) is 4.72. The van der Waals surface area contributed by atoms with Crippen molar-refractivity contribution < 1.29 is 0 Å². The summed E-state index contributed by atoms with van der Waals surface area (Å²) < 4.78 is 0.792. The minimum Gasteiger partial charge on any atom is -0.366 e. The van der Waals surface area contributed by atoms with Crippen molar-refractivity contribution in [2.75, 3.05) is 11.9 Å². The number of nitrogens with one attached hydrogen (secondary N) is 1. The zero-order chi connectivity index (χ0) is 12.8. The molecule has 0 aliphatic heterocycles. The largest absolute Gasteiger partial charge is 0.366 e. The molecule has 0 radical (unpaired) electrons. The van der Waals surface area contributed by atoms with Gasteiger partial charge in [0.25, 0.3) is 0 Å². The van der Waals surface area contributed by atoms with Crippen molar-refractivity contribution in [1.82, 2.24) is 9.97 Å². The molecule has 3 nitrogen and oxygen atoms in total. The van der Waals surface area contributed by atoms with Gasteiger partial charge in [-0.1, -0.05) is 42.5 Å². The highest BCUT2D eigenvalue weighted by molar-refractivity contribution is 9.10. The lowest BCUT2D eigenvalue weighted by atomic mass is 10.2. The first-order valence-corrected chi connectivity index (χ1v) is 6.56. The van der Waals surface area contributed by atoms with Crippen LogP contribution in [-0.4, -0.2) is 16.5 Å². The number of anilines is 1. The zero-order valence-corrected chi connectivity index (χ0v) is 11.8. The normalized spacial score (nSPS) is 10.8. The van der Waals surface area contributed by atoms with Gasteiger partial charge in [0.05, 0.1) is 4.47 Å². The predicted molar refractivity (Wildman–Crippen MR) is 78.7 cm³/mol. The van der Waals surface area contributed by atoms with Crippen LogP contribution in [0.3, 0.4) is 0 Å². The molecular weight excluding hydrogens is 314 g/mol. The van der Waals surface area contributed by atoms with Crippen LogP contribution >= 0.6 is 27.5 Å². The summed E-state index contributed by atoms with van der Waals surface area (Å²) in [7, 11) is 0. The molecule has 0 amide bonds. The Kier molecular flexibility index (Phi) is 4.73. The number of rotatable bonds is 4. The van der Waals surface area contributed by atoms with Crippen molar-refractivity contribution in [2.24, 2.45) is 0 Å². The van der Waals surface area contributed by atoms with Gasteiger partial charge in [-0.2, -0.15) is 4.98 Å². The van der Waals surface area contributed by atoms with Crippen LogP contribution < -0.4 is 5.32 Å². The van der Waals surface area contributed by atoms with Crippen LogP contribution in [-0.2, 0) is 0 Å². The summed E-state index contributed by atoms with van der Waals surface area (Å²) in [6, 6.07) is 10.1. The molecule has 1 heterocycles. The highest BCUT2D eigenvalue weighted by Gasteiger charge is 2.01. The van der Waals surface area contributed by atoms with Gasteiger partial charge < -0.3 is 5.32 Å². The maximum Gasteiger partial charge on any atom is 0.224 e. The molecule has 1 aromatic carbocycles. The molecule has 0 aliphatic carbocycles. The quantitative estimate of drug-likeness (QED) is 0.863. The number of nitrogens with zero attached hydrogens (tertiary/aromatic N) is 2. The highest BCUT2D eigenvalue weighted by atomic mass is 79.9. The third-order valence-corrected chi connectivity index (χ3v) is 2.97. The van der Waals surface area contributed by atoms with Gasteiger partial charge in [-0.3, -0.25) is 0 Å². The number of hydrogen-bond acceptors (Lipinski definition) is 3. The average Bonchev–Trinajstić information content (AvgIpc) is 2.40. The van der Waals surface area contributed by atoms with E-state index in [0.717, 1.165) is 4.47 Å². The zero-order valence-electron chi connectivity index (χ0n) is 9.48. The Morgan fingerprint density at radius 1 is 1.28 bits per heavy atom. The predicted octanol–water partition coefficient (Wildman–Crippen LogP) is 4.02. The van der Waals surface area contributed by atoms with Crippen LogP contribution in [0.4, 0.5) is 5.82 Å². The highest BCUT2D eigenvalue weighted by Crippen LogP contribution is 2.19. The molecule has 0 fully saturated rings. The standard InChI is InChI=1S/C13H11BrClN3/c14-11-9-17-13(15)18-12(11)16-8-4-7-10-5-2-1-3-6-10/h1-7,9H,8H2,(H,16,17,18)/b7-4+. The van der Waals surface area contributed by atoms with E-state index in [0.29, 0.717) is 12.4 Å². The lowest BCUT2D eigenvalue weighted by Crippen LogP contribution is -2.02. The molecule has 0 aliphatic rings. The number of hydrogen-bond donors (Lipinski definition) is 1. The first-order valence-electron chi connectivity index (χ1n) is 5.39. The van der Waals surface area contributed by atoms with E-state index in [1.165, 1.54) is 5.56 Å². The van der Waals surface area contributed by atoms with Crippen LogP contribution in [0.25, 0.3) is 6.08 Å². The molecule has 0 unspecified atom stereocenters. The van der Waals surface area contributed by atoms with E-state index in [1.54, 1.807) is 6.20 Å². The fraction of sp³-hybridized carbons (Fsp3) is 0.0769. The third kappa shape index (κ3) is 3.82. The van der Waals surface area contributed by atoms with E-state index in [1.807, 2.05) is 42.5 Å². The monoisotopic (exact) mass is 323 g/mol. The molecule has 0 atom stereocenters. The topological polar surface area (TPSA) is 37.8 Å². The molecule has 2 rings (SSSR count). The van der Waals surface area contributed by atoms with Crippen molar-refractivity contribution in [3.63, 3.8) is 0 Å². The molecule has 92 valence electrons. The van der Waals surface area contributed by atoms with Crippen LogP contribution in [0.15, 0.2) is 47.1 Å². The van der Waals surface area contributed by atoms with Gasteiger partial charge in [-0.25, -0.2) is 4.98 Å². The Bertz CT molecular complexity index is 543. The summed E-state index contributed by atoms with van der Waals surface area (Å²) in [6.07, 6.45) is 5.69. The Morgan fingerprint density at radius 2 is 2.06 bits per heavy atom. The summed E-state index contributed by atoms with van der Waals surface area (Å²) >= 11 is 9.08. The minimum atomic E-state index is 0.229. The SMILES string of the molecule is Clc1ncc(Br)c(NC/C=C/c2ccccc2)n1. The number of aromatic nitrogens is 2. The molecule has 18 heavy (non-hydrogen) atoms. The third-order valence-electron chi connectivity index (χ3n) is 2.21. The van der Waals surface area contributed by atoms with E-state index in [-0.39, 0.29) is 5.28 Å². The molecule has 2 aromatic rings. The molecular formula is C13H11BrClN3. The molecule has 0 spiro atoms. The van der Waals surface area contributed by atoms with Crippen molar-refractivity contribution in [1.29, 1.82) is 0 Å². The first-order chi connectivity index (χ1) is 8.75. The van der Waals surface area contributed by atoms with Gasteiger partial charge in [-0.05, 0) is 33.1 Å². The van der Waals surface area contributed by atoms with Gasteiger partial charge in [0, 0.05) is 12.7 Å². The molecule has 0 saturated heterocycles. The van der Waals surface area contributed by atoms with E-state index in [9.17, 15) is 0 Å². The van der Waals surface area contributed by atoms with Gasteiger partial charge in [0.1, 0.15) is 5.82 Å². The number of benzene rings is 1. The van der Waals surface area contributed by atoms with Crippen molar-refractivity contribution in [3.05, 3.63) is 57.9 Å². The van der Waals surface area contributed by atoms with Crippen molar-refractivity contribution in [2.45, 2.75) is 0 Å². The molecule has 1 aromatic heterocycles. The lowest BCUT2D eigenvalue weighted by molar-refractivity contribution is 1.13. The molecule has 5 heteroatoms. The van der Waals surface area contributed by atoms with E-state index in [2.05, 4.69) is 31.2 Å². The van der Waals surface area contributed by atoms with Crippen molar-refractivity contribution >= 4 is 39.4 Å². The smallest absolute Gasteiger partial charge is 0.224 e. The maximum atomic E-state index is 5.72. The Balaban J connectivity index is 1.92. The summed E-state index contributed by atoms with van der Waals surface area (Å²) in [5.74, 6) is 0.688. The first kappa shape index (κ1) is 13.1. The Hall–Kier alpha value is -1.39. The molecule has 0 bridgehead atoms. The lowest BCUT2D eigenvalue weighted by Gasteiger charge is -2.04. The van der Waals surface area contributed by atoms with Crippen LogP contribution in [0, 0.1) is 0 Å². The summed E-state index contributed by atoms with van der Waals surface area (Å²) in [4.78, 5) is 7.94.